The Hall–Kier alpha value is -0.0800. The summed E-state index contributed by atoms with van der Waals surface area (Å²) in [7, 11) is 0. The lowest BCUT2D eigenvalue weighted by molar-refractivity contribution is -0.00672. The topological polar surface area (TPSA) is 21.8 Å². The monoisotopic (exact) mass is 170 g/mol. The molecular weight excluding hydrogens is 152 g/mol. The molecular formula is C10H18O2. The Balaban J connectivity index is 1.78. The van der Waals surface area contributed by atoms with E-state index in [0.717, 1.165) is 0 Å². The molecule has 0 bridgehead atoms. The average Bonchev–Trinajstić information content (AvgIpc) is 2.76. The number of rotatable bonds is 0. The van der Waals surface area contributed by atoms with Gasteiger partial charge in [0, 0.05) is 0 Å². The molecule has 2 nitrogen and oxygen atoms in total. The van der Waals surface area contributed by atoms with Crippen LogP contribution < -0.4 is 0 Å². The summed E-state index contributed by atoms with van der Waals surface area (Å²) >= 11 is 0. The molecule has 0 amide bonds. The second kappa shape index (κ2) is 3.75. The second-order valence-corrected chi connectivity index (χ2v) is 3.98. The van der Waals surface area contributed by atoms with Gasteiger partial charge in [0.1, 0.15) is 6.10 Å². The second-order valence-electron chi connectivity index (χ2n) is 3.98. The van der Waals surface area contributed by atoms with E-state index in [9.17, 15) is 0 Å². The highest BCUT2D eigenvalue weighted by molar-refractivity contribution is 4.78. The van der Waals surface area contributed by atoms with Crippen molar-refractivity contribution in [3.8, 4) is 0 Å². The van der Waals surface area contributed by atoms with Crippen molar-refractivity contribution in [1.82, 2.24) is 0 Å². The highest BCUT2D eigenvalue weighted by atomic mass is 16.8. The first-order valence-corrected chi connectivity index (χ1v) is 5.17. The third-order valence-corrected chi connectivity index (χ3v) is 2.75. The minimum absolute atomic E-state index is 0.151. The van der Waals surface area contributed by atoms with Gasteiger partial charge >= 0.3 is 0 Å². The van der Waals surface area contributed by atoms with Crippen molar-refractivity contribution >= 4 is 0 Å². The minimum atomic E-state index is 0.151. The Morgan fingerprint density at radius 1 is 0.917 bits per heavy atom. The molecule has 2 saturated heterocycles. The van der Waals surface area contributed by atoms with E-state index < -0.39 is 0 Å². The molecule has 2 heterocycles. The predicted octanol–water partition coefficient (Wildman–Crippen LogP) is 2.47. The molecule has 0 aromatic carbocycles. The average molecular weight is 170 g/mol. The Kier molecular flexibility index (Phi) is 2.66. The molecule has 0 radical (unpaired) electrons. The van der Waals surface area contributed by atoms with Crippen LogP contribution in [0, 0.1) is 0 Å². The Morgan fingerprint density at radius 2 is 1.67 bits per heavy atom. The van der Waals surface area contributed by atoms with E-state index in [-0.39, 0.29) is 6.29 Å². The van der Waals surface area contributed by atoms with E-state index in [1.54, 1.807) is 0 Å². The zero-order chi connectivity index (χ0) is 8.39. The summed E-state index contributed by atoms with van der Waals surface area (Å²) in [4.78, 5) is 0. The molecule has 12 heavy (non-hydrogen) atoms. The van der Waals surface area contributed by atoms with Crippen LogP contribution in [0.2, 0.25) is 0 Å². The van der Waals surface area contributed by atoms with Crippen LogP contribution >= 0.6 is 0 Å². The molecule has 3 atom stereocenters. The van der Waals surface area contributed by atoms with E-state index in [0.29, 0.717) is 12.2 Å². The molecule has 0 saturated carbocycles. The van der Waals surface area contributed by atoms with Gasteiger partial charge in [0.05, 0.1) is 6.10 Å². The fourth-order valence-electron chi connectivity index (χ4n) is 1.88. The Labute approximate surface area is 74.2 Å². The lowest BCUT2D eigenvalue weighted by Crippen LogP contribution is -2.13. The first kappa shape index (κ1) is 8.52. The molecule has 3 unspecified atom stereocenters. The van der Waals surface area contributed by atoms with Gasteiger partial charge in [-0.3, -0.25) is 0 Å². The standard InChI is InChI=1S/C10H18O2/c1-8-6-4-2-3-5-7-9-10(11-8)12-9/h8-10H,2-7H2,1H3. The maximum Gasteiger partial charge on any atom is 0.184 e. The van der Waals surface area contributed by atoms with Crippen molar-refractivity contribution in [2.75, 3.05) is 0 Å². The van der Waals surface area contributed by atoms with Crippen LogP contribution in [-0.4, -0.2) is 18.5 Å². The largest absolute Gasteiger partial charge is 0.347 e. The van der Waals surface area contributed by atoms with Crippen molar-refractivity contribution < 1.29 is 9.47 Å². The van der Waals surface area contributed by atoms with Gasteiger partial charge in [0.2, 0.25) is 0 Å². The molecule has 2 aliphatic heterocycles. The zero-order valence-corrected chi connectivity index (χ0v) is 7.79. The number of ether oxygens (including phenoxy) is 2. The number of hydrogen-bond acceptors (Lipinski definition) is 2. The summed E-state index contributed by atoms with van der Waals surface area (Å²) in [5, 5.41) is 0. The van der Waals surface area contributed by atoms with Crippen molar-refractivity contribution in [2.45, 2.75) is 63.9 Å². The number of epoxide rings is 1. The molecule has 0 aromatic rings. The van der Waals surface area contributed by atoms with Gasteiger partial charge in [-0.15, -0.1) is 0 Å². The van der Waals surface area contributed by atoms with Crippen LogP contribution in [0.25, 0.3) is 0 Å². The van der Waals surface area contributed by atoms with Gasteiger partial charge in [0.15, 0.2) is 6.29 Å². The quantitative estimate of drug-likeness (QED) is 0.521. The van der Waals surface area contributed by atoms with E-state index in [2.05, 4.69) is 6.92 Å². The third kappa shape index (κ3) is 2.20. The van der Waals surface area contributed by atoms with E-state index in [1.165, 1.54) is 38.5 Å². The Bertz CT molecular complexity index is 147. The fourth-order valence-corrected chi connectivity index (χ4v) is 1.88. The normalized spacial score (nSPS) is 43.2. The summed E-state index contributed by atoms with van der Waals surface area (Å²) in [6.45, 7) is 2.15. The number of fused-ring (bicyclic) bond motifs is 1. The van der Waals surface area contributed by atoms with Gasteiger partial charge in [-0.25, -0.2) is 0 Å². The molecule has 2 heteroatoms. The van der Waals surface area contributed by atoms with E-state index in [1.807, 2.05) is 0 Å². The summed E-state index contributed by atoms with van der Waals surface area (Å²) < 4.78 is 11.1. The van der Waals surface area contributed by atoms with Crippen molar-refractivity contribution in [1.29, 1.82) is 0 Å². The first-order chi connectivity index (χ1) is 5.86. The molecule has 0 N–H and O–H groups in total. The van der Waals surface area contributed by atoms with Gasteiger partial charge in [-0.1, -0.05) is 25.7 Å². The van der Waals surface area contributed by atoms with Crippen LogP contribution in [-0.2, 0) is 9.47 Å². The minimum Gasteiger partial charge on any atom is -0.347 e. The van der Waals surface area contributed by atoms with Crippen LogP contribution in [0.4, 0.5) is 0 Å². The maximum absolute atomic E-state index is 5.68. The smallest absolute Gasteiger partial charge is 0.184 e. The molecule has 0 aliphatic carbocycles. The molecule has 70 valence electrons. The Morgan fingerprint density at radius 3 is 2.50 bits per heavy atom. The molecule has 0 spiro atoms. The SMILES string of the molecule is CC1CCCCCCC2OC2O1. The molecule has 0 aromatic heterocycles. The molecule has 2 aliphatic rings. The van der Waals surface area contributed by atoms with Gasteiger partial charge < -0.3 is 9.47 Å². The van der Waals surface area contributed by atoms with Crippen LogP contribution in [0.15, 0.2) is 0 Å². The molecule has 2 fully saturated rings. The van der Waals surface area contributed by atoms with E-state index in [4.69, 9.17) is 9.47 Å². The molecule has 2 rings (SSSR count). The van der Waals surface area contributed by atoms with Gasteiger partial charge in [-0.2, -0.15) is 0 Å². The highest BCUT2D eigenvalue weighted by Gasteiger charge is 2.40. The number of hydrogen-bond donors (Lipinski definition) is 0. The van der Waals surface area contributed by atoms with Crippen molar-refractivity contribution in [3.05, 3.63) is 0 Å². The third-order valence-electron chi connectivity index (χ3n) is 2.75. The van der Waals surface area contributed by atoms with Crippen molar-refractivity contribution in [2.24, 2.45) is 0 Å². The van der Waals surface area contributed by atoms with Crippen LogP contribution in [0.5, 0.6) is 0 Å². The summed E-state index contributed by atoms with van der Waals surface area (Å²) in [5.74, 6) is 0. The highest BCUT2D eigenvalue weighted by Crippen LogP contribution is 2.31. The van der Waals surface area contributed by atoms with Gasteiger partial charge in [-0.05, 0) is 19.8 Å². The summed E-state index contributed by atoms with van der Waals surface area (Å²) in [5.41, 5.74) is 0. The van der Waals surface area contributed by atoms with Crippen LogP contribution in [0.1, 0.15) is 45.4 Å². The summed E-state index contributed by atoms with van der Waals surface area (Å²) in [6, 6.07) is 0. The van der Waals surface area contributed by atoms with Crippen LogP contribution in [0.3, 0.4) is 0 Å². The predicted molar refractivity (Wildman–Crippen MR) is 46.9 cm³/mol. The van der Waals surface area contributed by atoms with Crippen molar-refractivity contribution in [3.63, 3.8) is 0 Å². The fraction of sp³-hybridized carbons (Fsp3) is 1.00. The maximum atomic E-state index is 5.68. The zero-order valence-electron chi connectivity index (χ0n) is 7.79. The van der Waals surface area contributed by atoms with E-state index >= 15 is 0 Å². The van der Waals surface area contributed by atoms with Gasteiger partial charge in [0.25, 0.3) is 0 Å². The summed E-state index contributed by atoms with van der Waals surface area (Å²) in [6.07, 6.45) is 8.77. The lowest BCUT2D eigenvalue weighted by atomic mass is 10.1. The lowest BCUT2D eigenvalue weighted by Gasteiger charge is -2.12. The first-order valence-electron chi connectivity index (χ1n) is 5.17.